The normalized spacial score (nSPS) is 13.2. The molecule has 0 spiro atoms. The fourth-order valence-corrected chi connectivity index (χ4v) is 2.69. The van der Waals surface area contributed by atoms with Crippen LogP contribution in [0.1, 0.15) is 15.9 Å². The van der Waals surface area contributed by atoms with Gasteiger partial charge in [-0.15, -0.1) is 11.8 Å². The van der Waals surface area contributed by atoms with Crippen molar-refractivity contribution in [3.8, 4) is 0 Å². The van der Waals surface area contributed by atoms with Gasteiger partial charge in [0.05, 0.1) is 5.75 Å². The lowest BCUT2D eigenvalue weighted by atomic mass is 10.1. The zero-order chi connectivity index (χ0) is 16.1. The average molecular weight is 320 g/mol. The van der Waals surface area contributed by atoms with Crippen LogP contribution in [0.2, 0.25) is 0 Å². The Morgan fingerprint density at radius 2 is 1.95 bits per heavy atom. The first-order valence-corrected chi connectivity index (χ1v) is 7.82. The van der Waals surface area contributed by atoms with E-state index in [9.17, 15) is 14.4 Å². The largest absolute Gasteiger partial charge is 0.481 e. The van der Waals surface area contributed by atoms with Crippen molar-refractivity contribution in [1.29, 1.82) is 0 Å². The molecule has 2 amide bonds. The summed E-state index contributed by atoms with van der Waals surface area (Å²) in [5.41, 5.74) is 1.82. The number of hydrogen-bond donors (Lipinski definition) is 2. The van der Waals surface area contributed by atoms with Gasteiger partial charge in [-0.3, -0.25) is 19.3 Å². The van der Waals surface area contributed by atoms with Crippen LogP contribution in [0.15, 0.2) is 30.8 Å². The Morgan fingerprint density at radius 1 is 1.27 bits per heavy atom. The minimum absolute atomic E-state index is 0.00654. The smallest absolute Gasteiger partial charge is 0.313 e. The molecule has 1 aliphatic rings. The van der Waals surface area contributed by atoms with Crippen molar-refractivity contribution in [3.05, 3.63) is 42.0 Å². The maximum absolute atomic E-state index is 12.2. The molecule has 0 bridgehead atoms. The minimum atomic E-state index is -0.881. The first kappa shape index (κ1) is 16.1. The predicted octanol–water partition coefficient (Wildman–Crippen LogP) is 1.05. The zero-order valence-corrected chi connectivity index (χ0v) is 12.7. The van der Waals surface area contributed by atoms with Gasteiger partial charge in [0.2, 0.25) is 5.91 Å². The van der Waals surface area contributed by atoms with Gasteiger partial charge in [-0.05, 0) is 6.07 Å². The van der Waals surface area contributed by atoms with Crippen molar-refractivity contribution < 1.29 is 19.5 Å². The molecule has 116 valence electrons. The van der Waals surface area contributed by atoms with Crippen LogP contribution in [0.5, 0.6) is 0 Å². The number of nitrogens with one attached hydrogen (secondary N) is 1. The third-order valence-electron chi connectivity index (χ3n) is 3.14. The van der Waals surface area contributed by atoms with Crippen LogP contribution in [0, 0.1) is 0 Å². The number of carbonyl (C=O) groups is 3. The van der Waals surface area contributed by atoms with Gasteiger partial charge in [0.15, 0.2) is 0 Å². The van der Waals surface area contributed by atoms with Gasteiger partial charge in [-0.25, -0.2) is 0 Å². The van der Waals surface area contributed by atoms with Gasteiger partial charge >= 0.3 is 5.97 Å². The van der Waals surface area contributed by atoms with Gasteiger partial charge in [-0.2, -0.15) is 0 Å². The maximum Gasteiger partial charge on any atom is 0.313 e. The average Bonchev–Trinajstić information content (AvgIpc) is 2.72. The Kier molecular flexibility index (Phi) is 5.21. The Labute approximate surface area is 132 Å². The lowest BCUT2D eigenvalue weighted by molar-refractivity contribution is -0.133. The highest BCUT2D eigenvalue weighted by molar-refractivity contribution is 7.99. The highest BCUT2D eigenvalue weighted by Gasteiger charge is 2.31. The van der Waals surface area contributed by atoms with Crippen molar-refractivity contribution in [2.45, 2.75) is 0 Å². The van der Waals surface area contributed by atoms with Crippen LogP contribution in [-0.2, 0) is 9.59 Å². The second-order valence-corrected chi connectivity index (χ2v) is 5.79. The van der Waals surface area contributed by atoms with E-state index < -0.39 is 5.97 Å². The maximum atomic E-state index is 12.2. The van der Waals surface area contributed by atoms with Crippen molar-refractivity contribution in [2.24, 2.45) is 0 Å². The molecule has 2 N–H and O–H groups in total. The fourth-order valence-electron chi connectivity index (χ4n) is 2.12. The Hall–Kier alpha value is -2.28. The molecule has 1 aromatic carbocycles. The summed E-state index contributed by atoms with van der Waals surface area (Å²) >= 11 is 1.22. The third-order valence-corrected chi connectivity index (χ3v) is 4.08. The number of aliphatic carboxylic acids is 1. The molecular weight excluding hydrogens is 304 g/mol. The molecule has 0 saturated carbocycles. The van der Waals surface area contributed by atoms with Gasteiger partial charge in [0.25, 0.3) is 5.91 Å². The lowest BCUT2D eigenvalue weighted by Crippen LogP contribution is -2.37. The monoisotopic (exact) mass is 320 g/mol. The van der Waals surface area contributed by atoms with E-state index in [0.717, 1.165) is 5.56 Å². The molecule has 0 atom stereocenters. The summed E-state index contributed by atoms with van der Waals surface area (Å²) in [5.74, 6) is -0.887. The van der Waals surface area contributed by atoms with Crippen LogP contribution in [0.25, 0.3) is 5.70 Å². The van der Waals surface area contributed by atoms with E-state index in [0.29, 0.717) is 23.6 Å². The van der Waals surface area contributed by atoms with Gasteiger partial charge < -0.3 is 10.4 Å². The fraction of sp³-hybridized carbons (Fsp3) is 0.267. The number of amides is 2. The second-order valence-electron chi connectivity index (χ2n) is 4.68. The van der Waals surface area contributed by atoms with E-state index in [1.54, 1.807) is 18.2 Å². The molecule has 6 nitrogen and oxygen atoms in total. The molecule has 1 aliphatic heterocycles. The van der Waals surface area contributed by atoms with Crippen molar-refractivity contribution >= 4 is 35.2 Å². The summed E-state index contributed by atoms with van der Waals surface area (Å²) in [6.45, 7) is 4.14. The third kappa shape index (κ3) is 3.67. The highest BCUT2D eigenvalue weighted by atomic mass is 32.2. The Balaban J connectivity index is 1.82. The molecule has 1 heterocycles. The lowest BCUT2D eigenvalue weighted by Gasteiger charge is -2.16. The first-order chi connectivity index (χ1) is 10.5. The molecule has 0 saturated heterocycles. The van der Waals surface area contributed by atoms with E-state index in [-0.39, 0.29) is 24.1 Å². The SMILES string of the molecule is C=C1c2ccccc2C(=O)N1CC(=O)NCCSCC(=O)O. The molecule has 7 heteroatoms. The Morgan fingerprint density at radius 3 is 2.59 bits per heavy atom. The second kappa shape index (κ2) is 7.13. The number of carbonyl (C=O) groups excluding carboxylic acids is 2. The van der Waals surface area contributed by atoms with Gasteiger partial charge in [0.1, 0.15) is 6.54 Å². The van der Waals surface area contributed by atoms with Crippen LogP contribution in [-0.4, -0.2) is 52.4 Å². The summed E-state index contributed by atoms with van der Waals surface area (Å²) in [4.78, 5) is 35.8. The Bertz CT molecular complexity index is 595. The number of benzene rings is 1. The van der Waals surface area contributed by atoms with E-state index in [1.807, 2.05) is 6.07 Å². The molecular formula is C15H16N2O4S. The van der Waals surface area contributed by atoms with Crippen molar-refractivity contribution in [1.82, 2.24) is 10.2 Å². The predicted molar refractivity (Wildman–Crippen MR) is 84.5 cm³/mol. The molecule has 2 rings (SSSR count). The van der Waals surface area contributed by atoms with E-state index in [2.05, 4.69) is 11.9 Å². The van der Waals surface area contributed by atoms with E-state index in [4.69, 9.17) is 5.11 Å². The van der Waals surface area contributed by atoms with Crippen molar-refractivity contribution in [2.75, 3.05) is 24.6 Å². The van der Waals surface area contributed by atoms with Gasteiger partial charge in [-0.1, -0.05) is 24.8 Å². The highest BCUT2D eigenvalue weighted by Crippen LogP contribution is 2.30. The quantitative estimate of drug-likeness (QED) is 0.733. The van der Waals surface area contributed by atoms with Crippen molar-refractivity contribution in [3.63, 3.8) is 0 Å². The number of carboxylic acids is 1. The number of nitrogens with zero attached hydrogens (tertiary/aromatic N) is 1. The summed E-state index contributed by atoms with van der Waals surface area (Å²) < 4.78 is 0. The summed E-state index contributed by atoms with van der Waals surface area (Å²) in [6, 6.07) is 7.10. The zero-order valence-electron chi connectivity index (χ0n) is 11.9. The van der Waals surface area contributed by atoms with E-state index in [1.165, 1.54) is 16.7 Å². The van der Waals surface area contributed by atoms with Crippen LogP contribution in [0.4, 0.5) is 0 Å². The van der Waals surface area contributed by atoms with Crippen LogP contribution >= 0.6 is 11.8 Å². The minimum Gasteiger partial charge on any atom is -0.481 e. The number of carboxylic acid groups (broad SMARTS) is 1. The number of rotatable bonds is 7. The summed E-state index contributed by atoms with van der Waals surface area (Å²) in [6.07, 6.45) is 0. The van der Waals surface area contributed by atoms with E-state index >= 15 is 0 Å². The molecule has 1 aromatic rings. The summed E-state index contributed by atoms with van der Waals surface area (Å²) in [5, 5.41) is 11.2. The van der Waals surface area contributed by atoms with Gasteiger partial charge in [0, 0.05) is 29.1 Å². The molecule has 0 aromatic heterocycles. The van der Waals surface area contributed by atoms with Crippen LogP contribution < -0.4 is 5.32 Å². The molecule has 0 fully saturated rings. The number of fused-ring (bicyclic) bond motifs is 1. The summed E-state index contributed by atoms with van der Waals surface area (Å²) in [7, 11) is 0. The molecule has 0 radical (unpaired) electrons. The topological polar surface area (TPSA) is 86.7 Å². The number of thioether (sulfide) groups is 1. The standard InChI is InChI=1S/C15H16N2O4S/c1-10-11-4-2-3-5-12(11)15(21)17(10)8-13(18)16-6-7-22-9-14(19)20/h2-5H,1,6-9H2,(H,16,18)(H,19,20). The molecule has 22 heavy (non-hydrogen) atoms. The molecule has 0 unspecified atom stereocenters. The number of hydrogen-bond acceptors (Lipinski definition) is 4. The van der Waals surface area contributed by atoms with Crippen LogP contribution in [0.3, 0.4) is 0 Å². The molecule has 0 aliphatic carbocycles. The first-order valence-electron chi connectivity index (χ1n) is 6.67.